The quantitative estimate of drug-likeness (QED) is 0.889. The lowest BCUT2D eigenvalue weighted by atomic mass is 10.2. The second-order valence-corrected chi connectivity index (χ2v) is 2.57. The molecule has 1 aromatic carbocycles. The topological polar surface area (TPSA) is 55.8 Å². The maximum atomic E-state index is 10.9. The van der Waals surface area contributed by atoms with Gasteiger partial charge in [0.1, 0.15) is 17.1 Å². The summed E-state index contributed by atoms with van der Waals surface area (Å²) in [4.78, 5) is 10.9. The second kappa shape index (κ2) is 11.8. The molecule has 0 aliphatic rings. The number of benzene rings is 1. The summed E-state index contributed by atoms with van der Waals surface area (Å²) in [5.41, 5.74) is 0.0665. The number of aromatic carboxylic acids is 1. The highest BCUT2D eigenvalue weighted by Crippen LogP contribution is 2.28. The minimum absolute atomic E-state index is 0.0665. The third-order valence-corrected chi connectivity index (χ3v) is 1.72. The van der Waals surface area contributed by atoms with E-state index >= 15 is 0 Å². The van der Waals surface area contributed by atoms with Crippen molar-refractivity contribution in [3.05, 3.63) is 23.8 Å². The molecule has 0 bridgehead atoms. The summed E-state index contributed by atoms with van der Waals surface area (Å²) in [6.07, 6.45) is 0. The van der Waals surface area contributed by atoms with Crippen LogP contribution in [0.3, 0.4) is 0 Å². The van der Waals surface area contributed by atoms with Crippen molar-refractivity contribution in [2.75, 3.05) is 13.7 Å². The van der Waals surface area contributed by atoms with Crippen LogP contribution in [0, 0.1) is 0 Å². The van der Waals surface area contributed by atoms with Gasteiger partial charge in [0.05, 0.1) is 13.7 Å². The molecule has 104 valence electrons. The van der Waals surface area contributed by atoms with Gasteiger partial charge in [0.2, 0.25) is 0 Å². The Bertz CT molecular complexity index is 335. The maximum Gasteiger partial charge on any atom is 0.343 e. The van der Waals surface area contributed by atoms with Crippen molar-refractivity contribution in [1.82, 2.24) is 0 Å². The average molecular weight is 256 g/mol. The van der Waals surface area contributed by atoms with Crippen molar-refractivity contribution in [2.45, 2.75) is 34.6 Å². The highest BCUT2D eigenvalue weighted by atomic mass is 16.5. The molecule has 18 heavy (non-hydrogen) atoms. The van der Waals surface area contributed by atoms with Crippen LogP contribution in [0.15, 0.2) is 18.2 Å². The molecule has 0 spiro atoms. The van der Waals surface area contributed by atoms with Gasteiger partial charge in [-0.25, -0.2) is 4.79 Å². The van der Waals surface area contributed by atoms with Gasteiger partial charge in [0.15, 0.2) is 0 Å². The highest BCUT2D eigenvalue weighted by Gasteiger charge is 2.16. The van der Waals surface area contributed by atoms with Crippen LogP contribution in [-0.4, -0.2) is 24.8 Å². The van der Waals surface area contributed by atoms with Crippen LogP contribution in [0.1, 0.15) is 45.0 Å². The Morgan fingerprint density at radius 2 is 1.67 bits per heavy atom. The summed E-state index contributed by atoms with van der Waals surface area (Å²) < 4.78 is 10.1. The number of methoxy groups -OCH3 is 1. The zero-order valence-corrected chi connectivity index (χ0v) is 12.1. The predicted molar refractivity (Wildman–Crippen MR) is 73.8 cm³/mol. The Labute approximate surface area is 110 Å². The van der Waals surface area contributed by atoms with E-state index in [0.717, 1.165) is 0 Å². The summed E-state index contributed by atoms with van der Waals surface area (Å²) in [6.45, 7) is 10.2. The molecule has 0 atom stereocenters. The van der Waals surface area contributed by atoms with E-state index < -0.39 is 5.97 Å². The Morgan fingerprint density at radius 1 is 1.17 bits per heavy atom. The highest BCUT2D eigenvalue weighted by molar-refractivity contribution is 5.94. The fourth-order valence-corrected chi connectivity index (χ4v) is 1.17. The molecule has 0 unspecified atom stereocenters. The van der Waals surface area contributed by atoms with Crippen molar-refractivity contribution in [3.8, 4) is 11.5 Å². The van der Waals surface area contributed by atoms with Crippen molar-refractivity contribution in [1.29, 1.82) is 0 Å². The third kappa shape index (κ3) is 5.57. The molecule has 0 heterocycles. The van der Waals surface area contributed by atoms with Crippen LogP contribution < -0.4 is 9.47 Å². The van der Waals surface area contributed by atoms with E-state index in [4.69, 9.17) is 14.6 Å². The lowest BCUT2D eigenvalue weighted by Crippen LogP contribution is -2.05. The monoisotopic (exact) mass is 256 g/mol. The fraction of sp³-hybridized carbons (Fsp3) is 0.500. The van der Waals surface area contributed by atoms with Crippen molar-refractivity contribution >= 4 is 5.97 Å². The van der Waals surface area contributed by atoms with Gasteiger partial charge in [-0.15, -0.1) is 0 Å². The van der Waals surface area contributed by atoms with E-state index in [9.17, 15) is 4.79 Å². The number of hydrogen-bond acceptors (Lipinski definition) is 3. The number of ether oxygens (including phenoxy) is 2. The molecule has 4 nitrogen and oxygen atoms in total. The average Bonchev–Trinajstić information content (AvgIpc) is 2.43. The molecular weight excluding hydrogens is 232 g/mol. The number of carboxylic acids is 1. The van der Waals surface area contributed by atoms with Gasteiger partial charge in [-0.05, 0) is 19.1 Å². The number of rotatable bonds is 4. The van der Waals surface area contributed by atoms with Gasteiger partial charge < -0.3 is 14.6 Å². The van der Waals surface area contributed by atoms with Crippen molar-refractivity contribution in [3.63, 3.8) is 0 Å². The minimum Gasteiger partial charge on any atom is -0.496 e. The van der Waals surface area contributed by atoms with Crippen LogP contribution in [0.25, 0.3) is 0 Å². The van der Waals surface area contributed by atoms with E-state index in [2.05, 4.69) is 0 Å². The SMILES string of the molecule is CC.CC.CCOc1cccc(OC)c1C(=O)O. The Balaban J connectivity index is 0. The van der Waals surface area contributed by atoms with Crippen LogP contribution in [0.2, 0.25) is 0 Å². The summed E-state index contributed by atoms with van der Waals surface area (Å²) >= 11 is 0. The van der Waals surface area contributed by atoms with Crippen molar-refractivity contribution in [2.24, 2.45) is 0 Å². The van der Waals surface area contributed by atoms with E-state index in [-0.39, 0.29) is 5.56 Å². The van der Waals surface area contributed by atoms with Crippen LogP contribution in [0.4, 0.5) is 0 Å². The molecule has 0 aromatic heterocycles. The smallest absolute Gasteiger partial charge is 0.343 e. The van der Waals surface area contributed by atoms with Gasteiger partial charge in [-0.1, -0.05) is 33.8 Å². The largest absolute Gasteiger partial charge is 0.496 e. The zero-order valence-electron chi connectivity index (χ0n) is 12.1. The first-order chi connectivity index (χ1) is 8.70. The Kier molecular flexibility index (Phi) is 12.2. The molecule has 0 radical (unpaired) electrons. The maximum absolute atomic E-state index is 10.9. The summed E-state index contributed by atoms with van der Waals surface area (Å²) in [7, 11) is 1.43. The van der Waals surface area contributed by atoms with Gasteiger partial charge in [0, 0.05) is 0 Å². The lowest BCUT2D eigenvalue weighted by Gasteiger charge is -2.10. The zero-order chi connectivity index (χ0) is 14.6. The number of carbonyl (C=O) groups is 1. The molecule has 1 N–H and O–H groups in total. The minimum atomic E-state index is -1.05. The first kappa shape index (κ1) is 18.6. The van der Waals surface area contributed by atoms with Gasteiger partial charge in [-0.2, -0.15) is 0 Å². The summed E-state index contributed by atoms with van der Waals surface area (Å²) in [5.74, 6) is -0.409. The first-order valence-corrected chi connectivity index (χ1v) is 6.23. The second-order valence-electron chi connectivity index (χ2n) is 2.57. The van der Waals surface area contributed by atoms with Gasteiger partial charge in [-0.3, -0.25) is 0 Å². The molecule has 1 rings (SSSR count). The Morgan fingerprint density at radius 3 is 2.06 bits per heavy atom. The van der Waals surface area contributed by atoms with Gasteiger partial charge in [0.25, 0.3) is 0 Å². The molecule has 4 heteroatoms. The summed E-state index contributed by atoms with van der Waals surface area (Å²) in [6, 6.07) is 4.89. The van der Waals surface area contributed by atoms with E-state index in [1.807, 2.05) is 27.7 Å². The summed E-state index contributed by atoms with van der Waals surface area (Å²) in [5, 5.41) is 8.94. The fourth-order valence-electron chi connectivity index (χ4n) is 1.17. The standard InChI is InChI=1S/C10H12O4.2C2H6/c1-3-14-8-6-4-5-7(13-2)9(8)10(11)12;2*1-2/h4-6H,3H2,1-2H3,(H,11,12);2*1-2H3. The van der Waals surface area contributed by atoms with Crippen LogP contribution in [-0.2, 0) is 0 Å². The molecule has 0 saturated carbocycles. The molecule has 0 amide bonds. The van der Waals surface area contributed by atoms with Crippen LogP contribution >= 0.6 is 0 Å². The van der Waals surface area contributed by atoms with Gasteiger partial charge >= 0.3 is 5.97 Å². The van der Waals surface area contributed by atoms with Crippen LogP contribution in [0.5, 0.6) is 11.5 Å². The molecule has 0 saturated heterocycles. The number of hydrogen-bond donors (Lipinski definition) is 1. The normalized spacial score (nSPS) is 8.11. The molecule has 0 aliphatic carbocycles. The first-order valence-electron chi connectivity index (χ1n) is 6.23. The molecule has 1 aromatic rings. The lowest BCUT2D eigenvalue weighted by molar-refractivity contribution is 0.0688. The molecular formula is C14H24O4. The molecule has 0 aliphatic heterocycles. The third-order valence-electron chi connectivity index (χ3n) is 1.72. The van der Waals surface area contributed by atoms with E-state index in [0.29, 0.717) is 18.1 Å². The van der Waals surface area contributed by atoms with E-state index in [1.54, 1.807) is 25.1 Å². The van der Waals surface area contributed by atoms with Crippen molar-refractivity contribution < 1.29 is 19.4 Å². The van der Waals surface area contributed by atoms with E-state index in [1.165, 1.54) is 7.11 Å². The Hall–Kier alpha value is -1.71. The number of carboxylic acid groups (broad SMARTS) is 1. The predicted octanol–water partition coefficient (Wildman–Crippen LogP) is 3.84. The molecule has 0 fully saturated rings.